The van der Waals surface area contributed by atoms with E-state index >= 15 is 0 Å². The molecule has 80 valence electrons. The lowest BCUT2D eigenvalue weighted by Gasteiger charge is -2.31. The predicted octanol–water partition coefficient (Wildman–Crippen LogP) is 2.07. The third-order valence-corrected chi connectivity index (χ3v) is 3.19. The number of carbonyl (C=O) groups is 1. The van der Waals surface area contributed by atoms with Gasteiger partial charge >= 0.3 is 0 Å². The highest BCUT2D eigenvalue weighted by Gasteiger charge is 2.35. The summed E-state index contributed by atoms with van der Waals surface area (Å²) in [6, 6.07) is 10.0. The zero-order valence-electron chi connectivity index (χ0n) is 8.91. The lowest BCUT2D eigenvalue weighted by Crippen LogP contribution is -2.51. The summed E-state index contributed by atoms with van der Waals surface area (Å²) < 4.78 is 0. The fraction of sp³-hybridized carbons (Fsp3) is 0.462. The Morgan fingerprint density at radius 3 is 2.60 bits per heavy atom. The molecule has 1 unspecified atom stereocenters. The topological polar surface area (TPSA) is 43.1 Å². The van der Waals surface area contributed by atoms with Crippen molar-refractivity contribution in [1.82, 2.24) is 0 Å². The highest BCUT2D eigenvalue weighted by atomic mass is 16.1. The number of ketones is 1. The van der Waals surface area contributed by atoms with E-state index in [0.29, 0.717) is 12.8 Å². The summed E-state index contributed by atoms with van der Waals surface area (Å²) in [5.74, 6) is 0.234. The van der Waals surface area contributed by atoms with Crippen LogP contribution in [0.2, 0.25) is 0 Å². The van der Waals surface area contributed by atoms with Gasteiger partial charge in [-0.05, 0) is 24.8 Å². The van der Waals surface area contributed by atoms with Gasteiger partial charge < -0.3 is 5.73 Å². The molecule has 0 spiro atoms. The van der Waals surface area contributed by atoms with E-state index < -0.39 is 5.54 Å². The second-order valence-corrected chi connectivity index (χ2v) is 4.45. The quantitative estimate of drug-likeness (QED) is 0.799. The van der Waals surface area contributed by atoms with Crippen LogP contribution < -0.4 is 5.73 Å². The SMILES string of the molecule is NC1(Cc2ccccc2)CCCCC1=O. The van der Waals surface area contributed by atoms with Crippen LogP contribution in [0.15, 0.2) is 30.3 Å². The Bertz CT molecular complexity index is 347. The number of benzene rings is 1. The first-order valence-electron chi connectivity index (χ1n) is 5.57. The molecule has 1 aromatic carbocycles. The Hall–Kier alpha value is -1.15. The van der Waals surface area contributed by atoms with Gasteiger partial charge in [0.15, 0.2) is 5.78 Å². The summed E-state index contributed by atoms with van der Waals surface area (Å²) in [5, 5.41) is 0. The summed E-state index contributed by atoms with van der Waals surface area (Å²) in [4.78, 5) is 11.8. The first-order chi connectivity index (χ1) is 7.21. The van der Waals surface area contributed by atoms with Gasteiger partial charge in [0.05, 0.1) is 5.54 Å². The van der Waals surface area contributed by atoms with Crippen molar-refractivity contribution in [3.05, 3.63) is 35.9 Å². The van der Waals surface area contributed by atoms with E-state index in [1.165, 1.54) is 0 Å². The maximum absolute atomic E-state index is 11.8. The lowest BCUT2D eigenvalue weighted by atomic mass is 9.77. The minimum atomic E-state index is -0.598. The van der Waals surface area contributed by atoms with Crippen LogP contribution in [0.3, 0.4) is 0 Å². The van der Waals surface area contributed by atoms with Crippen molar-refractivity contribution in [2.75, 3.05) is 0 Å². The lowest BCUT2D eigenvalue weighted by molar-refractivity contribution is -0.126. The molecular weight excluding hydrogens is 186 g/mol. The van der Waals surface area contributed by atoms with Crippen molar-refractivity contribution in [1.29, 1.82) is 0 Å². The average Bonchev–Trinajstić information content (AvgIpc) is 2.24. The molecule has 2 heteroatoms. The average molecular weight is 203 g/mol. The van der Waals surface area contributed by atoms with Gasteiger partial charge in [0.1, 0.15) is 0 Å². The van der Waals surface area contributed by atoms with E-state index in [9.17, 15) is 4.79 Å². The van der Waals surface area contributed by atoms with Crippen molar-refractivity contribution in [2.24, 2.45) is 5.73 Å². The monoisotopic (exact) mass is 203 g/mol. The molecule has 0 aromatic heterocycles. The first kappa shape index (κ1) is 10.4. The number of hydrogen-bond donors (Lipinski definition) is 1. The van der Waals surface area contributed by atoms with Gasteiger partial charge in [0, 0.05) is 6.42 Å². The van der Waals surface area contributed by atoms with Gasteiger partial charge in [-0.1, -0.05) is 36.8 Å². The van der Waals surface area contributed by atoms with Crippen molar-refractivity contribution in [3.63, 3.8) is 0 Å². The molecule has 1 aliphatic rings. The molecule has 1 fully saturated rings. The van der Waals surface area contributed by atoms with Crippen LogP contribution in [0.4, 0.5) is 0 Å². The molecule has 0 amide bonds. The smallest absolute Gasteiger partial charge is 0.152 e. The van der Waals surface area contributed by atoms with Crippen molar-refractivity contribution in [2.45, 2.75) is 37.6 Å². The molecule has 0 saturated heterocycles. The van der Waals surface area contributed by atoms with Crippen molar-refractivity contribution < 1.29 is 4.79 Å². The molecule has 15 heavy (non-hydrogen) atoms. The van der Waals surface area contributed by atoms with E-state index in [0.717, 1.165) is 24.8 Å². The Morgan fingerprint density at radius 1 is 1.20 bits per heavy atom. The summed E-state index contributed by atoms with van der Waals surface area (Å²) in [5.41, 5.74) is 6.75. The molecule has 2 N–H and O–H groups in total. The summed E-state index contributed by atoms with van der Waals surface area (Å²) >= 11 is 0. The number of nitrogens with two attached hydrogens (primary N) is 1. The molecule has 2 nitrogen and oxygen atoms in total. The summed E-state index contributed by atoms with van der Waals surface area (Å²) in [6.07, 6.45) is 4.26. The van der Waals surface area contributed by atoms with Gasteiger partial charge in [0.2, 0.25) is 0 Å². The van der Waals surface area contributed by atoms with Crippen LogP contribution in [0, 0.1) is 0 Å². The molecule has 1 aromatic rings. The Balaban J connectivity index is 2.13. The minimum Gasteiger partial charge on any atom is -0.319 e. The fourth-order valence-corrected chi connectivity index (χ4v) is 2.26. The van der Waals surface area contributed by atoms with Crippen LogP contribution >= 0.6 is 0 Å². The molecule has 2 rings (SSSR count). The standard InChI is InChI=1S/C13H17NO/c14-13(9-5-4-8-12(13)15)10-11-6-2-1-3-7-11/h1-3,6-7H,4-5,8-10,14H2. The van der Waals surface area contributed by atoms with Crippen LogP contribution in [0.25, 0.3) is 0 Å². The van der Waals surface area contributed by atoms with E-state index in [1.54, 1.807) is 0 Å². The van der Waals surface area contributed by atoms with Crippen molar-refractivity contribution >= 4 is 5.78 Å². The Labute approximate surface area is 90.5 Å². The second-order valence-electron chi connectivity index (χ2n) is 4.45. The van der Waals surface area contributed by atoms with Crippen molar-refractivity contribution in [3.8, 4) is 0 Å². The zero-order chi connectivity index (χ0) is 10.7. The van der Waals surface area contributed by atoms with Crippen LogP contribution in [0.1, 0.15) is 31.2 Å². The third kappa shape index (κ3) is 2.26. The highest BCUT2D eigenvalue weighted by molar-refractivity contribution is 5.89. The maximum atomic E-state index is 11.8. The Morgan fingerprint density at radius 2 is 1.93 bits per heavy atom. The van der Waals surface area contributed by atoms with E-state index in [-0.39, 0.29) is 5.78 Å². The van der Waals surface area contributed by atoms with Gasteiger partial charge in [-0.15, -0.1) is 0 Å². The van der Waals surface area contributed by atoms with Crippen LogP contribution in [-0.2, 0) is 11.2 Å². The molecule has 1 saturated carbocycles. The van der Waals surface area contributed by atoms with E-state index in [1.807, 2.05) is 30.3 Å². The first-order valence-corrected chi connectivity index (χ1v) is 5.57. The number of hydrogen-bond acceptors (Lipinski definition) is 2. The largest absolute Gasteiger partial charge is 0.319 e. The zero-order valence-corrected chi connectivity index (χ0v) is 8.91. The van der Waals surface area contributed by atoms with Gasteiger partial charge in [-0.2, -0.15) is 0 Å². The maximum Gasteiger partial charge on any atom is 0.152 e. The molecular formula is C13H17NO. The number of rotatable bonds is 2. The van der Waals surface area contributed by atoms with E-state index in [2.05, 4.69) is 0 Å². The van der Waals surface area contributed by atoms with Crippen LogP contribution in [-0.4, -0.2) is 11.3 Å². The molecule has 1 atom stereocenters. The second kappa shape index (κ2) is 4.15. The molecule has 0 aliphatic heterocycles. The molecule has 1 aliphatic carbocycles. The van der Waals surface area contributed by atoms with Crippen LogP contribution in [0.5, 0.6) is 0 Å². The molecule has 0 heterocycles. The minimum absolute atomic E-state index is 0.234. The summed E-state index contributed by atoms with van der Waals surface area (Å²) in [7, 11) is 0. The number of Topliss-reactive ketones (excluding diaryl/α,β-unsaturated/α-hetero) is 1. The normalized spacial score (nSPS) is 26.6. The number of carbonyl (C=O) groups excluding carboxylic acids is 1. The third-order valence-electron chi connectivity index (χ3n) is 3.19. The molecule has 0 radical (unpaired) electrons. The van der Waals surface area contributed by atoms with Gasteiger partial charge in [-0.3, -0.25) is 4.79 Å². The van der Waals surface area contributed by atoms with E-state index in [4.69, 9.17) is 5.73 Å². The highest BCUT2D eigenvalue weighted by Crippen LogP contribution is 2.26. The Kier molecular flexibility index (Phi) is 2.87. The molecule has 0 bridgehead atoms. The van der Waals surface area contributed by atoms with Gasteiger partial charge in [-0.25, -0.2) is 0 Å². The predicted molar refractivity (Wildman–Crippen MR) is 60.5 cm³/mol. The fourth-order valence-electron chi connectivity index (χ4n) is 2.26. The summed E-state index contributed by atoms with van der Waals surface area (Å²) in [6.45, 7) is 0. The van der Waals surface area contributed by atoms with Gasteiger partial charge in [0.25, 0.3) is 0 Å².